The number of aliphatic carboxylic acids is 1. The number of hydrogen-bond acceptors (Lipinski definition) is 6. The largest absolute Gasteiger partial charge is 0.494 e. The number of hydrogen-bond donors (Lipinski definition) is 3. The maximum absolute atomic E-state index is 10.6. The number of benzene rings is 1. The Kier molecular flexibility index (Phi) is 5.60. The highest BCUT2D eigenvalue weighted by Gasteiger charge is 2.26. The van der Waals surface area contributed by atoms with Crippen LogP contribution in [0.3, 0.4) is 0 Å². The number of carboxylic acids is 1. The highest BCUT2D eigenvalue weighted by atomic mass is 16.5. The molecule has 1 aromatic rings. The second-order valence-electron chi connectivity index (χ2n) is 7.30. The molecule has 0 fully saturated rings. The fourth-order valence-electron chi connectivity index (χ4n) is 4.04. The number of carbonyl (C=O) groups is 1. The van der Waals surface area contributed by atoms with E-state index in [-0.39, 0.29) is 6.42 Å². The molecule has 0 saturated heterocycles. The molecule has 3 aliphatic rings. The van der Waals surface area contributed by atoms with E-state index in [9.17, 15) is 4.79 Å². The standard InChI is InChI=1S/C21H26N4O3/c26-20(27)5-2-12-28-15-8-6-14-7-9-19(24-25-21-22-10-11-23-21)17-4-1-3-16(17)18(14)13-15/h6,8,13H,1-5,7,9-12H2,(H,26,27)(H2,22,23,25). The molecule has 0 atom stereocenters. The van der Waals surface area contributed by atoms with Gasteiger partial charge in [-0.1, -0.05) is 6.07 Å². The van der Waals surface area contributed by atoms with Crippen LogP contribution in [0.25, 0.3) is 5.57 Å². The Morgan fingerprint density at radius 2 is 2.14 bits per heavy atom. The van der Waals surface area contributed by atoms with Gasteiger partial charge in [0, 0.05) is 13.0 Å². The van der Waals surface area contributed by atoms with Crippen LogP contribution in [0.2, 0.25) is 0 Å². The summed E-state index contributed by atoms with van der Waals surface area (Å²) in [6.45, 7) is 2.08. The van der Waals surface area contributed by atoms with Gasteiger partial charge in [0.05, 0.1) is 18.9 Å². The maximum atomic E-state index is 10.6. The molecule has 0 amide bonds. The lowest BCUT2D eigenvalue weighted by molar-refractivity contribution is -0.137. The molecule has 0 radical (unpaired) electrons. The minimum Gasteiger partial charge on any atom is -0.494 e. The van der Waals surface area contributed by atoms with E-state index in [4.69, 9.17) is 9.84 Å². The summed E-state index contributed by atoms with van der Waals surface area (Å²) < 4.78 is 5.80. The zero-order chi connectivity index (χ0) is 19.3. The molecule has 1 aromatic carbocycles. The van der Waals surface area contributed by atoms with Crippen molar-refractivity contribution >= 4 is 23.2 Å². The normalized spacial score (nSPS) is 19.6. The van der Waals surface area contributed by atoms with Gasteiger partial charge in [-0.05, 0) is 72.9 Å². The monoisotopic (exact) mass is 382 g/mol. The van der Waals surface area contributed by atoms with Gasteiger partial charge in [0.15, 0.2) is 0 Å². The second kappa shape index (κ2) is 8.46. The third-order valence-electron chi connectivity index (χ3n) is 5.38. The lowest BCUT2D eigenvalue weighted by Crippen LogP contribution is -2.31. The Bertz CT molecular complexity index is 857. The number of ether oxygens (including phenoxy) is 1. The van der Waals surface area contributed by atoms with Crippen LogP contribution in [-0.4, -0.2) is 42.4 Å². The number of hydrazone groups is 1. The van der Waals surface area contributed by atoms with Crippen LogP contribution in [0.4, 0.5) is 0 Å². The molecule has 28 heavy (non-hydrogen) atoms. The Hall–Kier alpha value is -2.83. The van der Waals surface area contributed by atoms with Gasteiger partial charge in [0.25, 0.3) is 0 Å². The van der Waals surface area contributed by atoms with Crippen LogP contribution in [-0.2, 0) is 11.2 Å². The third kappa shape index (κ3) is 4.18. The summed E-state index contributed by atoms with van der Waals surface area (Å²) in [6, 6.07) is 6.26. The maximum Gasteiger partial charge on any atom is 0.303 e. The number of carboxylic acid groups (broad SMARTS) is 1. The Balaban J connectivity index is 1.53. The molecular weight excluding hydrogens is 356 g/mol. The molecule has 0 unspecified atom stereocenters. The average molecular weight is 382 g/mol. The van der Waals surface area contributed by atoms with Crippen molar-refractivity contribution < 1.29 is 14.6 Å². The summed E-state index contributed by atoms with van der Waals surface area (Å²) in [5.41, 5.74) is 9.55. The van der Waals surface area contributed by atoms with Crippen LogP contribution in [0.1, 0.15) is 49.7 Å². The summed E-state index contributed by atoms with van der Waals surface area (Å²) in [5.74, 6) is 0.780. The Labute approximate surface area is 164 Å². The molecule has 0 aromatic heterocycles. The topological polar surface area (TPSA) is 95.3 Å². The zero-order valence-corrected chi connectivity index (χ0v) is 16.0. The van der Waals surface area contributed by atoms with Gasteiger partial charge in [0.2, 0.25) is 5.96 Å². The quantitative estimate of drug-likeness (QED) is 0.519. The van der Waals surface area contributed by atoms with Crippen LogP contribution < -0.4 is 15.5 Å². The lowest BCUT2D eigenvalue weighted by atomic mass is 9.97. The van der Waals surface area contributed by atoms with Gasteiger partial charge < -0.3 is 15.2 Å². The van der Waals surface area contributed by atoms with E-state index in [1.807, 2.05) is 6.07 Å². The number of rotatable bonds is 6. The first-order valence-electron chi connectivity index (χ1n) is 10.0. The van der Waals surface area contributed by atoms with Crippen molar-refractivity contribution in [2.24, 2.45) is 10.1 Å². The van der Waals surface area contributed by atoms with Crippen molar-refractivity contribution in [2.45, 2.75) is 44.9 Å². The van der Waals surface area contributed by atoms with E-state index in [2.05, 4.69) is 33.0 Å². The van der Waals surface area contributed by atoms with E-state index in [0.29, 0.717) is 13.0 Å². The SMILES string of the molecule is O=C(O)CCCOc1ccc2c(c1)C1=C(CCC1)C(=NNC1=NCCN1)CC2. The molecule has 0 spiro atoms. The predicted octanol–water partition coefficient (Wildman–Crippen LogP) is 2.72. The number of nitrogens with zero attached hydrogens (tertiary/aromatic N) is 2. The highest BCUT2D eigenvalue weighted by Crippen LogP contribution is 2.40. The average Bonchev–Trinajstić information content (AvgIpc) is 3.35. The van der Waals surface area contributed by atoms with Gasteiger partial charge in [-0.2, -0.15) is 5.10 Å². The van der Waals surface area contributed by atoms with Gasteiger partial charge >= 0.3 is 5.97 Å². The van der Waals surface area contributed by atoms with Crippen LogP contribution in [0, 0.1) is 0 Å². The molecule has 0 saturated carbocycles. The summed E-state index contributed by atoms with van der Waals surface area (Å²) >= 11 is 0. The summed E-state index contributed by atoms with van der Waals surface area (Å²) in [5, 5.41) is 16.6. The van der Waals surface area contributed by atoms with E-state index >= 15 is 0 Å². The molecule has 148 valence electrons. The van der Waals surface area contributed by atoms with Crippen molar-refractivity contribution in [3.63, 3.8) is 0 Å². The molecule has 4 rings (SSSR count). The number of fused-ring (bicyclic) bond motifs is 2. The van der Waals surface area contributed by atoms with Crippen molar-refractivity contribution in [2.75, 3.05) is 19.7 Å². The van der Waals surface area contributed by atoms with Gasteiger partial charge in [-0.15, -0.1) is 0 Å². The van der Waals surface area contributed by atoms with Gasteiger partial charge in [-0.25, -0.2) is 10.4 Å². The third-order valence-corrected chi connectivity index (χ3v) is 5.38. The van der Waals surface area contributed by atoms with E-state index < -0.39 is 5.97 Å². The zero-order valence-electron chi connectivity index (χ0n) is 16.0. The minimum absolute atomic E-state index is 0.132. The minimum atomic E-state index is -0.787. The predicted molar refractivity (Wildman–Crippen MR) is 109 cm³/mol. The number of aryl methyl sites for hydroxylation is 1. The fourth-order valence-corrected chi connectivity index (χ4v) is 4.04. The number of guanidine groups is 1. The number of aliphatic imine (C=N–C) groups is 1. The number of nitrogens with one attached hydrogen (secondary N) is 2. The molecule has 3 N–H and O–H groups in total. The molecular formula is C21H26N4O3. The van der Waals surface area contributed by atoms with Crippen molar-refractivity contribution in [1.82, 2.24) is 10.7 Å². The molecule has 1 heterocycles. The Morgan fingerprint density at radius 3 is 2.96 bits per heavy atom. The first kappa shape index (κ1) is 18.5. The van der Waals surface area contributed by atoms with E-state index in [1.165, 1.54) is 22.3 Å². The van der Waals surface area contributed by atoms with E-state index in [1.54, 1.807) is 0 Å². The molecule has 7 heteroatoms. The first-order valence-corrected chi connectivity index (χ1v) is 10.0. The number of allylic oxidation sites excluding steroid dienone is 2. The molecule has 1 aliphatic heterocycles. The second-order valence-corrected chi connectivity index (χ2v) is 7.30. The van der Waals surface area contributed by atoms with Crippen LogP contribution in [0.15, 0.2) is 33.9 Å². The molecule has 7 nitrogen and oxygen atoms in total. The first-order chi connectivity index (χ1) is 13.7. The van der Waals surface area contributed by atoms with Gasteiger partial charge in [-0.3, -0.25) is 4.79 Å². The van der Waals surface area contributed by atoms with Crippen LogP contribution >= 0.6 is 0 Å². The van der Waals surface area contributed by atoms with Crippen LogP contribution in [0.5, 0.6) is 5.75 Å². The molecule has 0 bridgehead atoms. The van der Waals surface area contributed by atoms with Crippen molar-refractivity contribution in [3.8, 4) is 5.75 Å². The van der Waals surface area contributed by atoms with Crippen molar-refractivity contribution in [1.29, 1.82) is 0 Å². The summed E-state index contributed by atoms with van der Waals surface area (Å²) in [7, 11) is 0. The molecule has 2 aliphatic carbocycles. The van der Waals surface area contributed by atoms with E-state index in [0.717, 1.165) is 62.6 Å². The smallest absolute Gasteiger partial charge is 0.303 e. The fraction of sp³-hybridized carbons (Fsp3) is 0.476. The lowest BCUT2D eigenvalue weighted by Gasteiger charge is -2.12. The van der Waals surface area contributed by atoms with Gasteiger partial charge in [0.1, 0.15) is 5.75 Å². The van der Waals surface area contributed by atoms with Crippen molar-refractivity contribution in [3.05, 3.63) is 34.9 Å². The summed E-state index contributed by atoms with van der Waals surface area (Å²) in [4.78, 5) is 15.0. The summed E-state index contributed by atoms with van der Waals surface area (Å²) in [6.07, 6.45) is 5.76. The highest BCUT2D eigenvalue weighted by molar-refractivity contribution is 6.08. The Morgan fingerprint density at radius 1 is 1.25 bits per heavy atom.